The van der Waals surface area contributed by atoms with Crippen molar-refractivity contribution in [2.24, 2.45) is 0 Å². The zero-order chi connectivity index (χ0) is 20.1. The summed E-state index contributed by atoms with van der Waals surface area (Å²) in [5, 5.41) is 4.84. The number of ether oxygens (including phenoxy) is 2. The molecular formula is C22H21N3O3S. The lowest BCUT2D eigenvalue weighted by Gasteiger charge is -2.13. The number of rotatable bonds is 8. The normalized spacial score (nSPS) is 10.8. The molecule has 6 nitrogen and oxygen atoms in total. The Kier molecular flexibility index (Phi) is 5.76. The van der Waals surface area contributed by atoms with E-state index in [1.807, 2.05) is 66.0 Å². The van der Waals surface area contributed by atoms with Gasteiger partial charge in [0.25, 0.3) is 5.91 Å². The van der Waals surface area contributed by atoms with Crippen molar-refractivity contribution in [3.63, 3.8) is 0 Å². The second-order valence-electron chi connectivity index (χ2n) is 6.33. The van der Waals surface area contributed by atoms with E-state index in [0.717, 1.165) is 16.9 Å². The molecule has 4 rings (SSSR count). The number of carbonyl (C=O) groups excluding carboxylic acids is 1. The number of imidazole rings is 1. The van der Waals surface area contributed by atoms with Crippen molar-refractivity contribution in [2.45, 2.75) is 13.1 Å². The Bertz CT molecular complexity index is 1110. The summed E-state index contributed by atoms with van der Waals surface area (Å²) in [6, 6.07) is 19.2. The zero-order valence-electron chi connectivity index (χ0n) is 16.0. The van der Waals surface area contributed by atoms with E-state index in [9.17, 15) is 4.79 Å². The van der Waals surface area contributed by atoms with E-state index >= 15 is 0 Å². The lowest BCUT2D eigenvalue weighted by molar-refractivity contribution is 0.0953. The molecule has 0 aliphatic carbocycles. The number of para-hydroxylation sites is 4. The fourth-order valence-electron chi connectivity index (χ4n) is 3.15. The van der Waals surface area contributed by atoms with Crippen LogP contribution in [0.1, 0.15) is 15.5 Å². The maximum atomic E-state index is 12.3. The highest BCUT2D eigenvalue weighted by atomic mass is 32.1. The van der Waals surface area contributed by atoms with Crippen LogP contribution in [0.5, 0.6) is 11.5 Å². The van der Waals surface area contributed by atoms with Gasteiger partial charge in [0.2, 0.25) is 0 Å². The maximum Gasteiger partial charge on any atom is 0.261 e. The lowest BCUT2D eigenvalue weighted by atomic mass is 10.3. The van der Waals surface area contributed by atoms with Crippen LogP contribution in [0.15, 0.2) is 66.0 Å². The third-order valence-corrected chi connectivity index (χ3v) is 5.40. The molecule has 1 amide bonds. The van der Waals surface area contributed by atoms with Gasteiger partial charge in [0.1, 0.15) is 12.4 Å². The van der Waals surface area contributed by atoms with Gasteiger partial charge in [0.05, 0.1) is 36.1 Å². The number of aromatic nitrogens is 2. The molecule has 2 heterocycles. The van der Waals surface area contributed by atoms with E-state index in [4.69, 9.17) is 14.5 Å². The van der Waals surface area contributed by atoms with E-state index in [0.29, 0.717) is 36.1 Å². The molecule has 0 spiro atoms. The minimum atomic E-state index is -0.0936. The van der Waals surface area contributed by atoms with Crippen LogP contribution < -0.4 is 14.8 Å². The molecule has 0 aliphatic rings. The Morgan fingerprint density at radius 3 is 2.66 bits per heavy atom. The molecule has 148 valence electrons. The summed E-state index contributed by atoms with van der Waals surface area (Å²) < 4.78 is 13.3. The number of nitrogens with zero attached hydrogens (tertiary/aromatic N) is 2. The van der Waals surface area contributed by atoms with E-state index in [2.05, 4.69) is 9.88 Å². The number of carbonyl (C=O) groups is 1. The molecule has 4 aromatic rings. The standard InChI is InChI=1S/C22H21N3O3S/c1-27-18-9-4-5-10-19(18)28-13-12-25-17-8-3-2-7-16(17)24-21(25)15-23-22(26)20-11-6-14-29-20/h2-11,14H,12-13,15H2,1H3,(H,23,26). The smallest absolute Gasteiger partial charge is 0.261 e. The number of methoxy groups -OCH3 is 1. The summed E-state index contributed by atoms with van der Waals surface area (Å²) in [5.74, 6) is 2.10. The van der Waals surface area contributed by atoms with E-state index in [1.54, 1.807) is 7.11 Å². The first-order chi connectivity index (χ1) is 14.3. The second-order valence-corrected chi connectivity index (χ2v) is 7.28. The lowest BCUT2D eigenvalue weighted by Crippen LogP contribution is -2.24. The largest absolute Gasteiger partial charge is 0.493 e. The SMILES string of the molecule is COc1ccccc1OCCn1c(CNC(=O)c2cccs2)nc2ccccc21. The second kappa shape index (κ2) is 8.79. The first kappa shape index (κ1) is 19.0. The number of amides is 1. The molecule has 0 saturated heterocycles. The van der Waals surface area contributed by atoms with Crippen LogP contribution in [0.2, 0.25) is 0 Å². The van der Waals surface area contributed by atoms with Gasteiger partial charge in [-0.15, -0.1) is 11.3 Å². The highest BCUT2D eigenvalue weighted by Gasteiger charge is 2.13. The minimum Gasteiger partial charge on any atom is -0.493 e. The molecule has 0 bridgehead atoms. The van der Waals surface area contributed by atoms with Gasteiger partial charge in [-0.3, -0.25) is 4.79 Å². The summed E-state index contributed by atoms with van der Waals surface area (Å²) in [6.07, 6.45) is 0. The van der Waals surface area contributed by atoms with Crippen molar-refractivity contribution in [1.29, 1.82) is 0 Å². The highest BCUT2D eigenvalue weighted by molar-refractivity contribution is 7.12. The quantitative estimate of drug-likeness (QED) is 0.477. The Hall–Kier alpha value is -3.32. The number of fused-ring (bicyclic) bond motifs is 1. The Morgan fingerprint density at radius 2 is 1.86 bits per heavy atom. The number of thiophene rings is 1. The summed E-state index contributed by atoms with van der Waals surface area (Å²) in [7, 11) is 1.62. The van der Waals surface area contributed by atoms with Crippen LogP contribution >= 0.6 is 11.3 Å². The van der Waals surface area contributed by atoms with Gasteiger partial charge in [0, 0.05) is 0 Å². The fraction of sp³-hybridized carbons (Fsp3) is 0.182. The molecule has 0 atom stereocenters. The van der Waals surface area contributed by atoms with Crippen molar-refractivity contribution in [1.82, 2.24) is 14.9 Å². The summed E-state index contributed by atoms with van der Waals surface area (Å²) >= 11 is 1.42. The van der Waals surface area contributed by atoms with Crippen molar-refractivity contribution >= 4 is 28.3 Å². The molecule has 2 aromatic heterocycles. The molecule has 0 radical (unpaired) electrons. The van der Waals surface area contributed by atoms with Crippen LogP contribution in [-0.4, -0.2) is 29.2 Å². The molecule has 29 heavy (non-hydrogen) atoms. The predicted molar refractivity (Wildman–Crippen MR) is 114 cm³/mol. The summed E-state index contributed by atoms with van der Waals surface area (Å²) in [5.41, 5.74) is 1.90. The predicted octanol–water partition coefficient (Wildman–Crippen LogP) is 4.12. The van der Waals surface area contributed by atoms with Crippen LogP contribution in [0.3, 0.4) is 0 Å². The van der Waals surface area contributed by atoms with Gasteiger partial charge < -0.3 is 19.4 Å². The van der Waals surface area contributed by atoms with Gasteiger partial charge >= 0.3 is 0 Å². The monoisotopic (exact) mass is 407 g/mol. The first-order valence-electron chi connectivity index (χ1n) is 9.28. The third kappa shape index (κ3) is 4.25. The summed E-state index contributed by atoms with van der Waals surface area (Å²) in [6.45, 7) is 1.40. The molecule has 0 aliphatic heterocycles. The molecule has 1 N–H and O–H groups in total. The number of benzene rings is 2. The van der Waals surface area contributed by atoms with Crippen molar-refractivity contribution < 1.29 is 14.3 Å². The van der Waals surface area contributed by atoms with Crippen molar-refractivity contribution in [2.75, 3.05) is 13.7 Å². The highest BCUT2D eigenvalue weighted by Crippen LogP contribution is 2.26. The average Bonchev–Trinajstić information content (AvgIpc) is 3.41. The molecule has 2 aromatic carbocycles. The Morgan fingerprint density at radius 1 is 1.07 bits per heavy atom. The third-order valence-electron chi connectivity index (χ3n) is 4.53. The number of hydrogen-bond donors (Lipinski definition) is 1. The first-order valence-corrected chi connectivity index (χ1v) is 10.2. The molecule has 0 unspecified atom stereocenters. The van der Waals surface area contributed by atoms with Crippen molar-refractivity contribution in [3.05, 3.63) is 76.7 Å². The number of nitrogens with one attached hydrogen (secondary N) is 1. The zero-order valence-corrected chi connectivity index (χ0v) is 16.8. The van der Waals surface area contributed by atoms with Gasteiger partial charge in [-0.1, -0.05) is 30.3 Å². The summed E-state index contributed by atoms with van der Waals surface area (Å²) in [4.78, 5) is 17.7. The fourth-order valence-corrected chi connectivity index (χ4v) is 3.79. The van der Waals surface area contributed by atoms with Gasteiger partial charge in [0.15, 0.2) is 11.5 Å². The topological polar surface area (TPSA) is 65.4 Å². The van der Waals surface area contributed by atoms with E-state index in [-0.39, 0.29) is 5.91 Å². The van der Waals surface area contributed by atoms with Crippen LogP contribution in [0.25, 0.3) is 11.0 Å². The van der Waals surface area contributed by atoms with Crippen molar-refractivity contribution in [3.8, 4) is 11.5 Å². The van der Waals surface area contributed by atoms with Crippen LogP contribution in [0.4, 0.5) is 0 Å². The Labute approximate surface area is 172 Å². The number of hydrogen-bond acceptors (Lipinski definition) is 5. The van der Waals surface area contributed by atoms with E-state index < -0.39 is 0 Å². The molecular weight excluding hydrogens is 386 g/mol. The van der Waals surface area contributed by atoms with Crippen LogP contribution in [-0.2, 0) is 13.1 Å². The minimum absolute atomic E-state index is 0.0936. The van der Waals surface area contributed by atoms with Gasteiger partial charge in [-0.25, -0.2) is 4.98 Å². The van der Waals surface area contributed by atoms with E-state index in [1.165, 1.54) is 11.3 Å². The Balaban J connectivity index is 1.49. The maximum absolute atomic E-state index is 12.3. The van der Waals surface area contributed by atoms with Gasteiger partial charge in [-0.05, 0) is 35.7 Å². The molecule has 7 heteroatoms. The van der Waals surface area contributed by atoms with Crippen LogP contribution in [0, 0.1) is 0 Å². The molecule has 0 saturated carbocycles. The average molecular weight is 407 g/mol. The molecule has 0 fully saturated rings. The van der Waals surface area contributed by atoms with Gasteiger partial charge in [-0.2, -0.15) is 0 Å².